The molecule has 2 aliphatic rings. The minimum Gasteiger partial charge on any atom is -0.375 e. The Bertz CT molecular complexity index is 764. The Hall–Kier alpha value is -1.77. The predicted octanol–water partition coefficient (Wildman–Crippen LogP) is 1.42. The molecule has 8 heteroatoms. The number of rotatable bonds is 4. The van der Waals surface area contributed by atoms with Crippen LogP contribution in [0.25, 0.3) is 10.2 Å². The van der Waals surface area contributed by atoms with E-state index in [9.17, 15) is 4.79 Å². The summed E-state index contributed by atoms with van der Waals surface area (Å²) < 4.78 is 5.93. The van der Waals surface area contributed by atoms with Crippen molar-refractivity contribution in [3.63, 3.8) is 0 Å². The third kappa shape index (κ3) is 3.47. The van der Waals surface area contributed by atoms with Crippen molar-refractivity contribution >= 4 is 33.3 Å². The minimum absolute atomic E-state index is 0.00692. The topological polar surface area (TPSA) is 70.6 Å². The van der Waals surface area contributed by atoms with E-state index >= 15 is 0 Å². The van der Waals surface area contributed by atoms with Crippen LogP contribution in [0.2, 0.25) is 0 Å². The Morgan fingerprint density at radius 2 is 2.32 bits per heavy atom. The molecule has 0 aliphatic carbocycles. The molecule has 4 heterocycles. The highest BCUT2D eigenvalue weighted by molar-refractivity contribution is 7.16. The average Bonchev–Trinajstić information content (AvgIpc) is 3.21. The molecule has 2 saturated heterocycles. The lowest BCUT2D eigenvalue weighted by molar-refractivity contribution is -0.134. The normalized spacial score (nSPS) is 26.6. The zero-order valence-electron chi connectivity index (χ0n) is 14.5. The Kier molecular flexibility index (Phi) is 4.58. The summed E-state index contributed by atoms with van der Waals surface area (Å²) in [5.41, 5.74) is 0. The number of aromatic nitrogens is 2. The zero-order valence-corrected chi connectivity index (χ0v) is 15.3. The zero-order chi connectivity index (χ0) is 17.4. The van der Waals surface area contributed by atoms with Gasteiger partial charge in [0.15, 0.2) is 0 Å². The number of carbonyl (C=O) groups is 1. The van der Waals surface area contributed by atoms with Crippen LogP contribution in [0.5, 0.6) is 0 Å². The molecule has 0 aromatic carbocycles. The molecule has 0 radical (unpaired) electrons. The highest BCUT2D eigenvalue weighted by atomic mass is 32.1. The molecule has 7 nitrogen and oxygen atoms in total. The third-order valence-corrected chi connectivity index (χ3v) is 5.81. The second kappa shape index (κ2) is 6.86. The molecule has 2 aliphatic heterocycles. The van der Waals surface area contributed by atoms with Gasteiger partial charge in [-0.3, -0.25) is 9.69 Å². The number of morpholine rings is 1. The van der Waals surface area contributed by atoms with Gasteiger partial charge >= 0.3 is 0 Å². The first kappa shape index (κ1) is 16.7. The number of fused-ring (bicyclic) bond motifs is 2. The van der Waals surface area contributed by atoms with Crippen molar-refractivity contribution in [3.05, 3.63) is 17.8 Å². The Balaban J connectivity index is 1.38. The van der Waals surface area contributed by atoms with Crippen LogP contribution in [-0.2, 0) is 9.53 Å². The van der Waals surface area contributed by atoms with Gasteiger partial charge in [-0.1, -0.05) is 0 Å². The number of nitrogens with zero attached hydrogens (tertiary/aromatic N) is 4. The summed E-state index contributed by atoms with van der Waals surface area (Å²) in [5, 5.41) is 6.71. The van der Waals surface area contributed by atoms with Crippen molar-refractivity contribution < 1.29 is 9.53 Å². The lowest BCUT2D eigenvalue weighted by Gasteiger charge is -2.35. The molecule has 0 saturated carbocycles. The Morgan fingerprint density at radius 1 is 1.44 bits per heavy atom. The van der Waals surface area contributed by atoms with E-state index in [2.05, 4.69) is 26.3 Å². The molecule has 2 fully saturated rings. The molecular formula is C17H23N5O2S. The fraction of sp³-hybridized carbons (Fsp3) is 0.588. The van der Waals surface area contributed by atoms with Crippen molar-refractivity contribution in [3.8, 4) is 0 Å². The quantitative estimate of drug-likeness (QED) is 0.888. The maximum atomic E-state index is 11.9. The third-order valence-electron chi connectivity index (χ3n) is 4.99. The highest BCUT2D eigenvalue weighted by Gasteiger charge is 2.38. The molecule has 1 N–H and O–H groups in total. The monoisotopic (exact) mass is 361 g/mol. The lowest BCUT2D eigenvalue weighted by atomic mass is 10.1. The Morgan fingerprint density at radius 3 is 3.16 bits per heavy atom. The van der Waals surface area contributed by atoms with Gasteiger partial charge in [-0.25, -0.2) is 9.97 Å². The first-order valence-corrected chi connectivity index (χ1v) is 9.48. The van der Waals surface area contributed by atoms with Crippen LogP contribution in [0.15, 0.2) is 17.8 Å². The molecule has 0 unspecified atom stereocenters. The van der Waals surface area contributed by atoms with Crippen molar-refractivity contribution in [2.24, 2.45) is 0 Å². The van der Waals surface area contributed by atoms with E-state index in [1.54, 1.807) is 36.7 Å². The summed E-state index contributed by atoms with van der Waals surface area (Å²) in [4.78, 5) is 25.7. The number of anilines is 1. The maximum Gasteiger partial charge on any atom is 0.224 e. The number of amides is 1. The van der Waals surface area contributed by atoms with E-state index < -0.39 is 0 Å². The van der Waals surface area contributed by atoms with Gasteiger partial charge in [0.2, 0.25) is 5.91 Å². The fourth-order valence-corrected chi connectivity index (χ4v) is 4.38. The molecule has 0 bridgehead atoms. The van der Waals surface area contributed by atoms with E-state index in [1.807, 2.05) is 5.38 Å². The summed E-state index contributed by atoms with van der Waals surface area (Å²) in [6.45, 7) is 2.47. The average molecular weight is 361 g/mol. The van der Waals surface area contributed by atoms with Gasteiger partial charge in [-0.05, 0) is 17.9 Å². The number of carbonyl (C=O) groups excluding carboxylic acids is 1. The summed E-state index contributed by atoms with van der Waals surface area (Å²) in [7, 11) is 3.58. The fourth-order valence-electron chi connectivity index (χ4n) is 3.65. The van der Waals surface area contributed by atoms with Gasteiger partial charge in [0.1, 0.15) is 17.0 Å². The van der Waals surface area contributed by atoms with Crippen LogP contribution < -0.4 is 5.32 Å². The molecule has 25 heavy (non-hydrogen) atoms. The largest absolute Gasteiger partial charge is 0.375 e. The van der Waals surface area contributed by atoms with Crippen LogP contribution >= 0.6 is 11.3 Å². The minimum atomic E-state index is -0.00692. The van der Waals surface area contributed by atoms with Crippen LogP contribution in [0.1, 0.15) is 12.8 Å². The van der Waals surface area contributed by atoms with E-state index in [-0.39, 0.29) is 12.0 Å². The second-order valence-corrected chi connectivity index (χ2v) is 7.89. The summed E-state index contributed by atoms with van der Waals surface area (Å²) in [6.07, 6.45) is 3.10. The number of ether oxygens (including phenoxy) is 1. The van der Waals surface area contributed by atoms with E-state index in [0.717, 1.165) is 35.5 Å². The number of thiophene rings is 1. The van der Waals surface area contributed by atoms with Crippen molar-refractivity contribution in [1.82, 2.24) is 19.8 Å². The van der Waals surface area contributed by atoms with E-state index in [1.165, 1.54) is 0 Å². The highest BCUT2D eigenvalue weighted by Crippen LogP contribution is 2.29. The van der Waals surface area contributed by atoms with Gasteiger partial charge < -0.3 is 15.0 Å². The summed E-state index contributed by atoms with van der Waals surface area (Å²) in [5.74, 6) is 1.04. The predicted molar refractivity (Wildman–Crippen MR) is 97.9 cm³/mol. The molecular weight excluding hydrogens is 338 g/mol. The number of nitrogens with one attached hydrogen (secondary N) is 1. The summed E-state index contributed by atoms with van der Waals surface area (Å²) in [6, 6.07) is 2.83. The molecule has 1 amide bonds. The van der Waals surface area contributed by atoms with E-state index in [4.69, 9.17) is 4.74 Å². The number of hydrogen-bond donors (Lipinski definition) is 1. The molecule has 2 aromatic rings. The Labute approximate surface area is 151 Å². The SMILES string of the molecule is CN(C)C(=O)C[C@H]1CN2C[C@@H](Nc3ncnc4sccc34)C[C@H]2CO1. The molecule has 2 aromatic heterocycles. The van der Waals surface area contributed by atoms with Gasteiger partial charge in [-0.15, -0.1) is 11.3 Å². The van der Waals surface area contributed by atoms with E-state index in [0.29, 0.717) is 25.1 Å². The van der Waals surface area contributed by atoms with Gasteiger partial charge in [0.25, 0.3) is 0 Å². The van der Waals surface area contributed by atoms with Crippen molar-refractivity contribution in [2.45, 2.75) is 31.0 Å². The van der Waals surface area contributed by atoms with Gasteiger partial charge in [0.05, 0.1) is 24.5 Å². The van der Waals surface area contributed by atoms with Crippen LogP contribution in [0, 0.1) is 0 Å². The first-order valence-electron chi connectivity index (χ1n) is 8.60. The summed E-state index contributed by atoms with van der Waals surface area (Å²) >= 11 is 1.63. The molecule has 0 spiro atoms. The standard InChI is InChI=1S/C17H23N5O2S/c1-21(2)15(23)6-13-8-22-7-11(5-12(22)9-24-13)20-16-14-3-4-25-17(14)19-10-18-16/h3-4,10-13H,5-9H2,1-2H3,(H,18,19,20)/t11-,12-,13-/m0/s1. The lowest BCUT2D eigenvalue weighted by Crippen LogP contribution is -2.47. The molecule has 134 valence electrons. The maximum absolute atomic E-state index is 11.9. The molecule has 4 rings (SSSR count). The second-order valence-electron chi connectivity index (χ2n) is 6.99. The van der Waals surface area contributed by atoms with Crippen LogP contribution in [0.3, 0.4) is 0 Å². The van der Waals surface area contributed by atoms with Crippen molar-refractivity contribution in [1.29, 1.82) is 0 Å². The van der Waals surface area contributed by atoms with Gasteiger partial charge in [0, 0.05) is 39.3 Å². The smallest absolute Gasteiger partial charge is 0.224 e. The number of hydrogen-bond acceptors (Lipinski definition) is 7. The van der Waals surface area contributed by atoms with Gasteiger partial charge in [-0.2, -0.15) is 0 Å². The molecule has 3 atom stereocenters. The van der Waals surface area contributed by atoms with Crippen molar-refractivity contribution in [2.75, 3.05) is 39.1 Å². The van der Waals surface area contributed by atoms with Crippen LogP contribution in [-0.4, -0.2) is 77.7 Å². The van der Waals surface area contributed by atoms with Crippen LogP contribution in [0.4, 0.5) is 5.82 Å². The first-order chi connectivity index (χ1) is 12.1.